The first kappa shape index (κ1) is 23.8. The lowest BCUT2D eigenvalue weighted by Crippen LogP contribution is -2.48. The number of rotatable bonds is 4. The van der Waals surface area contributed by atoms with Crippen LogP contribution < -0.4 is 10.9 Å². The average Bonchev–Trinajstić information content (AvgIpc) is 3.36. The van der Waals surface area contributed by atoms with Crippen molar-refractivity contribution in [3.63, 3.8) is 0 Å². The largest absolute Gasteiger partial charge is 0.389 e. The van der Waals surface area contributed by atoms with E-state index < -0.39 is 5.60 Å². The van der Waals surface area contributed by atoms with Crippen molar-refractivity contribution in [2.75, 3.05) is 32.0 Å². The highest BCUT2D eigenvalue weighted by Crippen LogP contribution is 2.33. The molecule has 2 aromatic heterocycles. The quantitative estimate of drug-likeness (QED) is 0.650. The Morgan fingerprint density at radius 1 is 1.23 bits per heavy atom. The number of aliphatic hydroxyl groups is 1. The van der Waals surface area contributed by atoms with Crippen LogP contribution in [0.25, 0.3) is 11.0 Å². The molecule has 1 unspecified atom stereocenters. The molecule has 1 saturated heterocycles. The van der Waals surface area contributed by atoms with Crippen molar-refractivity contribution in [1.29, 1.82) is 0 Å². The number of anilines is 1. The van der Waals surface area contributed by atoms with Gasteiger partial charge >= 0.3 is 0 Å². The van der Waals surface area contributed by atoms with Crippen LogP contribution in [0.4, 0.5) is 5.95 Å². The van der Waals surface area contributed by atoms with Gasteiger partial charge in [-0.05, 0) is 58.2 Å². The summed E-state index contributed by atoms with van der Waals surface area (Å²) in [6.45, 7) is 5.49. The molecule has 0 radical (unpaired) electrons. The number of hydrogen-bond acceptors (Lipinski definition) is 8. The van der Waals surface area contributed by atoms with Crippen LogP contribution in [-0.4, -0.2) is 68.4 Å². The van der Waals surface area contributed by atoms with Crippen molar-refractivity contribution in [1.82, 2.24) is 19.4 Å². The first-order valence-electron chi connectivity index (χ1n) is 12.6. The summed E-state index contributed by atoms with van der Waals surface area (Å²) in [5.74, 6) is 0.743. The number of Topliss-reactive ketones (excluding diaryl/α,β-unsaturated/α-hetero) is 1. The maximum Gasteiger partial charge on any atom is 0.263 e. The summed E-state index contributed by atoms with van der Waals surface area (Å²) in [4.78, 5) is 41.8. The van der Waals surface area contributed by atoms with Gasteiger partial charge in [0, 0.05) is 36.6 Å². The summed E-state index contributed by atoms with van der Waals surface area (Å²) in [5.41, 5.74) is 0.429. The summed E-state index contributed by atoms with van der Waals surface area (Å²) < 4.78 is 1.71. The summed E-state index contributed by atoms with van der Waals surface area (Å²) in [7, 11) is 2.08. The van der Waals surface area contributed by atoms with E-state index >= 15 is 0 Å². The first-order chi connectivity index (χ1) is 16.8. The Labute approximate surface area is 205 Å². The number of piperidine rings is 1. The molecule has 0 bridgehead atoms. The van der Waals surface area contributed by atoms with Gasteiger partial charge in [-0.1, -0.05) is 18.9 Å². The Kier molecular flexibility index (Phi) is 6.31. The Hall–Kier alpha value is -2.91. The number of fused-ring (bicyclic) bond motifs is 1. The van der Waals surface area contributed by atoms with Crippen LogP contribution in [0.5, 0.6) is 0 Å². The molecule has 2 aromatic rings. The highest BCUT2D eigenvalue weighted by molar-refractivity contribution is 6.04. The molecule has 5 rings (SSSR count). The molecular weight excluding hydrogens is 444 g/mol. The van der Waals surface area contributed by atoms with Crippen molar-refractivity contribution in [2.24, 2.45) is 10.9 Å². The van der Waals surface area contributed by atoms with Crippen LogP contribution in [0, 0.1) is 12.8 Å². The Morgan fingerprint density at radius 3 is 2.57 bits per heavy atom. The molecule has 2 fully saturated rings. The van der Waals surface area contributed by atoms with E-state index in [1.165, 1.54) is 6.92 Å². The second kappa shape index (κ2) is 9.28. The smallest absolute Gasteiger partial charge is 0.263 e. The highest BCUT2D eigenvalue weighted by Gasteiger charge is 2.38. The number of dihydropyridines is 1. The van der Waals surface area contributed by atoms with E-state index in [-0.39, 0.29) is 28.9 Å². The third-order valence-corrected chi connectivity index (χ3v) is 7.98. The van der Waals surface area contributed by atoms with Crippen LogP contribution in [0.1, 0.15) is 67.4 Å². The molecule has 4 heterocycles. The van der Waals surface area contributed by atoms with E-state index in [4.69, 9.17) is 4.98 Å². The van der Waals surface area contributed by atoms with Crippen molar-refractivity contribution in [3.05, 3.63) is 39.8 Å². The third kappa shape index (κ3) is 4.43. The number of carbonyl (C=O) groups excluding carboxylic acids is 1. The molecule has 9 heteroatoms. The lowest BCUT2D eigenvalue weighted by molar-refractivity contribution is -0.0461. The normalized spacial score (nSPS) is 23.0. The number of hydrogen-bond donors (Lipinski definition) is 2. The van der Waals surface area contributed by atoms with Gasteiger partial charge in [0.2, 0.25) is 5.95 Å². The molecule has 3 aliphatic rings. The van der Waals surface area contributed by atoms with Gasteiger partial charge in [-0.3, -0.25) is 19.1 Å². The monoisotopic (exact) mass is 478 g/mol. The zero-order chi connectivity index (χ0) is 24.7. The molecule has 9 nitrogen and oxygen atoms in total. The molecule has 1 atom stereocenters. The van der Waals surface area contributed by atoms with Gasteiger partial charge in [-0.25, -0.2) is 4.98 Å². The maximum absolute atomic E-state index is 13.4. The molecule has 2 N–H and O–H groups in total. The summed E-state index contributed by atoms with van der Waals surface area (Å²) >= 11 is 0. The van der Waals surface area contributed by atoms with Gasteiger partial charge in [0.1, 0.15) is 11.5 Å². The van der Waals surface area contributed by atoms with Gasteiger partial charge in [-0.2, -0.15) is 4.98 Å². The second-order valence-electron chi connectivity index (χ2n) is 10.3. The van der Waals surface area contributed by atoms with Crippen molar-refractivity contribution in [3.8, 4) is 0 Å². The van der Waals surface area contributed by atoms with Crippen molar-refractivity contribution < 1.29 is 9.90 Å². The second-order valence-corrected chi connectivity index (χ2v) is 10.3. The zero-order valence-corrected chi connectivity index (χ0v) is 20.8. The predicted octanol–water partition coefficient (Wildman–Crippen LogP) is 2.87. The van der Waals surface area contributed by atoms with E-state index in [9.17, 15) is 14.7 Å². The Bertz CT molecular complexity index is 1270. The number of aryl methyl sites for hydroxylation is 1. The minimum Gasteiger partial charge on any atom is -0.389 e. The fourth-order valence-electron chi connectivity index (χ4n) is 5.75. The van der Waals surface area contributed by atoms with Gasteiger partial charge in [-0.15, -0.1) is 0 Å². The predicted molar refractivity (Wildman–Crippen MR) is 136 cm³/mol. The molecular formula is C26H34N6O3. The first-order valence-corrected chi connectivity index (χ1v) is 12.6. The fraction of sp³-hybridized carbons (Fsp3) is 0.577. The molecule has 186 valence electrons. The number of nitrogens with one attached hydrogen (secondary N) is 1. The van der Waals surface area contributed by atoms with Crippen LogP contribution in [0.3, 0.4) is 0 Å². The number of pyridine rings is 1. The molecule has 1 saturated carbocycles. The van der Waals surface area contributed by atoms with E-state index in [0.29, 0.717) is 29.5 Å². The van der Waals surface area contributed by atoms with Crippen molar-refractivity contribution >= 4 is 28.6 Å². The van der Waals surface area contributed by atoms with Crippen LogP contribution in [0.2, 0.25) is 0 Å². The average molecular weight is 479 g/mol. The number of ketones is 1. The summed E-state index contributed by atoms with van der Waals surface area (Å²) in [5, 5.41) is 15.0. The molecule has 0 spiro atoms. The lowest BCUT2D eigenvalue weighted by Gasteiger charge is -2.41. The molecule has 1 aliphatic carbocycles. The van der Waals surface area contributed by atoms with Crippen LogP contribution in [0.15, 0.2) is 28.1 Å². The molecule has 0 aromatic carbocycles. The van der Waals surface area contributed by atoms with Gasteiger partial charge in [0.25, 0.3) is 5.56 Å². The maximum atomic E-state index is 13.4. The number of nitrogens with zero attached hydrogens (tertiary/aromatic N) is 5. The number of amidine groups is 1. The van der Waals surface area contributed by atoms with Gasteiger partial charge in [0.15, 0.2) is 5.78 Å². The highest BCUT2D eigenvalue weighted by atomic mass is 16.3. The van der Waals surface area contributed by atoms with Gasteiger partial charge in [0.05, 0.1) is 17.7 Å². The number of aromatic nitrogens is 3. The SMILES string of the molecule is CC(=O)c1c(C)c2cnc(NC3=NCC(C4(O)CCN(C)CC4)C=C3)nc2n(C2CCCC2)c1=O. The minimum atomic E-state index is -0.721. The minimum absolute atomic E-state index is 0.0144. The standard InChI is InChI=1S/C26H34N6O3/c1-16-20-15-28-25(29-21-9-8-18(14-27-21)26(35)10-12-31(3)13-11-26)30-23(20)32(19-6-4-5-7-19)24(34)22(16)17(2)33/h8-9,15,18-19,35H,4-7,10-14H2,1-3H3,(H,27,28,29,30). The fourth-order valence-corrected chi connectivity index (χ4v) is 5.75. The summed E-state index contributed by atoms with van der Waals surface area (Å²) in [6.07, 6.45) is 11.0. The molecule has 35 heavy (non-hydrogen) atoms. The molecule has 2 aliphatic heterocycles. The van der Waals surface area contributed by atoms with E-state index in [1.807, 2.05) is 12.2 Å². The topological polar surface area (TPSA) is 113 Å². The lowest BCUT2D eigenvalue weighted by atomic mass is 9.78. The number of likely N-dealkylation sites (tertiary alicyclic amines) is 1. The molecule has 0 amide bonds. The zero-order valence-electron chi connectivity index (χ0n) is 20.8. The number of carbonyl (C=O) groups is 1. The Morgan fingerprint density at radius 2 is 1.94 bits per heavy atom. The van der Waals surface area contributed by atoms with Crippen LogP contribution >= 0.6 is 0 Å². The van der Waals surface area contributed by atoms with Gasteiger partial charge < -0.3 is 15.3 Å². The van der Waals surface area contributed by atoms with Crippen LogP contribution in [-0.2, 0) is 0 Å². The van der Waals surface area contributed by atoms with E-state index in [1.54, 1.807) is 17.7 Å². The van der Waals surface area contributed by atoms with Crippen molar-refractivity contribution in [2.45, 2.75) is 64.0 Å². The van der Waals surface area contributed by atoms with E-state index in [0.717, 1.165) is 57.0 Å². The third-order valence-electron chi connectivity index (χ3n) is 7.98. The Balaban J connectivity index is 1.43. The van der Waals surface area contributed by atoms with E-state index in [2.05, 4.69) is 27.2 Å². The number of aliphatic imine (C=N–C) groups is 1. The summed E-state index contributed by atoms with van der Waals surface area (Å²) in [6, 6.07) is 0.0365.